The van der Waals surface area contributed by atoms with Crippen LogP contribution in [0.25, 0.3) is 5.57 Å². The Bertz CT molecular complexity index is 853. The van der Waals surface area contributed by atoms with Crippen molar-refractivity contribution in [2.45, 2.75) is 26.0 Å². The lowest BCUT2D eigenvalue weighted by Crippen LogP contribution is -2.44. The van der Waals surface area contributed by atoms with Crippen LogP contribution in [0.15, 0.2) is 54.6 Å². The monoisotopic (exact) mass is 388 g/mol. The highest BCUT2D eigenvalue weighted by Gasteiger charge is 2.24. The zero-order chi connectivity index (χ0) is 20.1. The molecule has 0 aromatic heterocycles. The zero-order valence-electron chi connectivity index (χ0n) is 15.4. The highest BCUT2D eigenvalue weighted by molar-refractivity contribution is 5.95. The van der Waals surface area contributed by atoms with Crippen LogP contribution in [0.3, 0.4) is 0 Å². The van der Waals surface area contributed by atoms with E-state index in [9.17, 15) is 18.7 Å². The first-order valence-electron chi connectivity index (χ1n) is 9.01. The van der Waals surface area contributed by atoms with Crippen molar-refractivity contribution < 1.29 is 23.4 Å². The summed E-state index contributed by atoms with van der Waals surface area (Å²) in [6.07, 6.45) is 2.83. The van der Waals surface area contributed by atoms with Crippen LogP contribution in [0.2, 0.25) is 0 Å². The Balaban J connectivity index is 1.63. The molecular weight excluding hydrogens is 366 g/mol. The molecule has 0 radical (unpaired) electrons. The van der Waals surface area contributed by atoms with E-state index in [-0.39, 0.29) is 23.1 Å². The lowest BCUT2D eigenvalue weighted by molar-refractivity contribution is -0.120. The summed E-state index contributed by atoms with van der Waals surface area (Å²) in [5.74, 6) is -0.124. The minimum Gasteiger partial charge on any atom is -0.508 e. The number of nitrogens with zero attached hydrogens (tertiary/aromatic N) is 1. The van der Waals surface area contributed by atoms with Gasteiger partial charge in [-0.1, -0.05) is 30.3 Å². The number of amides is 1. The molecule has 2 aromatic carbocycles. The second kappa shape index (κ2) is 8.84. The van der Waals surface area contributed by atoms with Crippen LogP contribution >= 0.6 is 0 Å². The molecule has 0 spiro atoms. The molecule has 3 rings (SSSR count). The molecule has 1 unspecified atom stereocenters. The summed E-state index contributed by atoms with van der Waals surface area (Å²) in [7, 11) is 0. The molecule has 1 atom stereocenters. The van der Waals surface area contributed by atoms with Crippen LogP contribution in [0, 0.1) is 0 Å². The summed E-state index contributed by atoms with van der Waals surface area (Å²) >= 11 is 0. The Morgan fingerprint density at radius 1 is 1.18 bits per heavy atom. The Morgan fingerprint density at radius 3 is 2.54 bits per heavy atom. The molecule has 0 bridgehead atoms. The number of hydrogen-bond acceptors (Lipinski definition) is 4. The van der Waals surface area contributed by atoms with Crippen molar-refractivity contribution in [3.05, 3.63) is 60.2 Å². The highest BCUT2D eigenvalue weighted by atomic mass is 19.3. The van der Waals surface area contributed by atoms with E-state index >= 15 is 0 Å². The number of hydrogen-bond donors (Lipinski definition) is 2. The molecule has 2 N–H and O–H groups in total. The quantitative estimate of drug-likeness (QED) is 0.782. The molecule has 0 saturated heterocycles. The van der Waals surface area contributed by atoms with Crippen molar-refractivity contribution in [2.75, 3.05) is 18.4 Å². The predicted molar refractivity (Wildman–Crippen MR) is 103 cm³/mol. The van der Waals surface area contributed by atoms with Gasteiger partial charge in [0.1, 0.15) is 11.5 Å². The van der Waals surface area contributed by atoms with Gasteiger partial charge in [-0.2, -0.15) is 8.78 Å². The van der Waals surface area contributed by atoms with Crippen LogP contribution in [0.4, 0.5) is 14.5 Å². The summed E-state index contributed by atoms with van der Waals surface area (Å²) < 4.78 is 29.5. The van der Waals surface area contributed by atoms with E-state index in [1.54, 1.807) is 31.2 Å². The fourth-order valence-corrected chi connectivity index (χ4v) is 3.15. The number of ether oxygens (including phenoxy) is 1. The molecule has 1 heterocycles. The van der Waals surface area contributed by atoms with Crippen LogP contribution in [-0.4, -0.2) is 41.7 Å². The Kier molecular flexibility index (Phi) is 6.26. The molecule has 0 aliphatic carbocycles. The maximum atomic E-state index is 12.6. The number of aromatic hydroxyl groups is 1. The number of phenolic OH excluding ortho intramolecular Hbond substituents is 1. The van der Waals surface area contributed by atoms with Gasteiger partial charge in [0.2, 0.25) is 5.91 Å². The molecule has 148 valence electrons. The van der Waals surface area contributed by atoms with Gasteiger partial charge in [-0.25, -0.2) is 0 Å². The number of nitrogens with one attached hydrogen (secondary N) is 1. The third kappa shape index (κ3) is 4.86. The number of alkyl halides is 2. The fraction of sp³-hybridized carbons (Fsp3) is 0.286. The van der Waals surface area contributed by atoms with Gasteiger partial charge in [0.25, 0.3) is 0 Å². The number of para-hydroxylation sites is 2. The maximum absolute atomic E-state index is 12.6. The number of rotatable bonds is 6. The van der Waals surface area contributed by atoms with E-state index in [0.717, 1.165) is 12.0 Å². The van der Waals surface area contributed by atoms with Gasteiger partial charge < -0.3 is 15.2 Å². The Morgan fingerprint density at radius 2 is 1.89 bits per heavy atom. The van der Waals surface area contributed by atoms with E-state index in [4.69, 9.17) is 0 Å². The molecule has 0 fully saturated rings. The van der Waals surface area contributed by atoms with E-state index in [0.29, 0.717) is 13.1 Å². The first-order chi connectivity index (χ1) is 13.4. The first kappa shape index (κ1) is 19.8. The van der Waals surface area contributed by atoms with Gasteiger partial charge in [0.05, 0.1) is 11.7 Å². The molecule has 0 saturated carbocycles. The zero-order valence-corrected chi connectivity index (χ0v) is 15.4. The van der Waals surface area contributed by atoms with Crippen LogP contribution in [-0.2, 0) is 4.79 Å². The molecular formula is C21H22F2N2O3. The standard InChI is InChI=1S/C21H22F2N2O3/c1-14(20(27)24-18-4-2-3-5-19(18)28-21(22)23)25-12-10-16(11-13-25)15-6-8-17(26)9-7-15/h2-10,14,21,26H,11-13H2,1H3,(H,24,27). The van der Waals surface area contributed by atoms with Crippen LogP contribution in [0.1, 0.15) is 18.9 Å². The average Bonchev–Trinajstić information content (AvgIpc) is 2.69. The van der Waals surface area contributed by atoms with Crippen molar-refractivity contribution in [3.8, 4) is 11.5 Å². The van der Waals surface area contributed by atoms with Crippen LogP contribution in [0.5, 0.6) is 11.5 Å². The topological polar surface area (TPSA) is 61.8 Å². The summed E-state index contributed by atoms with van der Waals surface area (Å²) in [5, 5.41) is 12.1. The van der Waals surface area contributed by atoms with Gasteiger partial charge in [-0.05, 0) is 48.7 Å². The van der Waals surface area contributed by atoms with Crippen molar-refractivity contribution in [1.29, 1.82) is 0 Å². The summed E-state index contributed by atoms with van der Waals surface area (Å²) in [4.78, 5) is 14.6. The largest absolute Gasteiger partial charge is 0.508 e. The number of phenols is 1. The second-order valence-electron chi connectivity index (χ2n) is 6.56. The van der Waals surface area contributed by atoms with E-state index in [1.807, 2.05) is 17.0 Å². The predicted octanol–water partition coefficient (Wildman–Crippen LogP) is 4.11. The molecule has 28 heavy (non-hydrogen) atoms. The number of carbonyl (C=O) groups is 1. The number of benzene rings is 2. The van der Waals surface area contributed by atoms with E-state index < -0.39 is 12.7 Å². The summed E-state index contributed by atoms with van der Waals surface area (Å²) in [6.45, 7) is 0.114. The SMILES string of the molecule is CC(C(=O)Nc1ccccc1OC(F)F)N1CC=C(c2ccc(O)cc2)CC1. The van der Waals surface area contributed by atoms with E-state index in [1.165, 1.54) is 17.7 Å². The Hall–Kier alpha value is -2.93. The van der Waals surface area contributed by atoms with Crippen molar-refractivity contribution in [1.82, 2.24) is 4.90 Å². The molecule has 5 nitrogen and oxygen atoms in total. The van der Waals surface area contributed by atoms with Crippen molar-refractivity contribution in [2.24, 2.45) is 0 Å². The maximum Gasteiger partial charge on any atom is 0.387 e. The minimum atomic E-state index is -2.96. The van der Waals surface area contributed by atoms with Gasteiger partial charge >= 0.3 is 6.61 Å². The first-order valence-corrected chi connectivity index (χ1v) is 9.01. The smallest absolute Gasteiger partial charge is 0.387 e. The fourth-order valence-electron chi connectivity index (χ4n) is 3.15. The van der Waals surface area contributed by atoms with Gasteiger partial charge in [-0.3, -0.25) is 9.69 Å². The summed E-state index contributed by atoms with van der Waals surface area (Å²) in [6, 6.07) is 12.7. The Labute approximate surface area is 162 Å². The van der Waals surface area contributed by atoms with Crippen molar-refractivity contribution >= 4 is 17.2 Å². The molecule has 1 amide bonds. The summed E-state index contributed by atoms with van der Waals surface area (Å²) in [5.41, 5.74) is 2.43. The van der Waals surface area contributed by atoms with Gasteiger partial charge in [-0.15, -0.1) is 0 Å². The van der Waals surface area contributed by atoms with Crippen LogP contribution < -0.4 is 10.1 Å². The van der Waals surface area contributed by atoms with Crippen molar-refractivity contribution in [3.63, 3.8) is 0 Å². The number of anilines is 1. The lowest BCUT2D eigenvalue weighted by atomic mass is 9.98. The third-order valence-corrected chi connectivity index (χ3v) is 4.77. The second-order valence-corrected chi connectivity index (χ2v) is 6.56. The number of halogens is 2. The molecule has 7 heteroatoms. The minimum absolute atomic E-state index is 0.0637. The highest BCUT2D eigenvalue weighted by Crippen LogP contribution is 2.27. The van der Waals surface area contributed by atoms with E-state index in [2.05, 4.69) is 16.1 Å². The van der Waals surface area contributed by atoms with Gasteiger partial charge in [0.15, 0.2) is 0 Å². The molecule has 2 aromatic rings. The lowest BCUT2D eigenvalue weighted by Gasteiger charge is -2.31. The third-order valence-electron chi connectivity index (χ3n) is 4.77. The van der Waals surface area contributed by atoms with Gasteiger partial charge in [0, 0.05) is 13.1 Å². The molecule has 1 aliphatic rings. The average molecular weight is 388 g/mol. The normalized spacial score (nSPS) is 15.8. The molecule has 1 aliphatic heterocycles. The number of carbonyl (C=O) groups excluding carboxylic acids is 1.